The molecule has 0 aromatic rings. The van der Waals surface area contributed by atoms with E-state index in [4.69, 9.17) is 10.8 Å². The lowest BCUT2D eigenvalue weighted by Gasteiger charge is -2.25. The maximum atomic E-state index is 11.0. The molecular weight excluding hydrogens is 156 g/mol. The van der Waals surface area contributed by atoms with Gasteiger partial charge in [-0.15, -0.1) is 0 Å². The fraction of sp³-hybridized carbons (Fsp3) is 0.875. The van der Waals surface area contributed by atoms with Gasteiger partial charge in [0.2, 0.25) is 5.91 Å². The summed E-state index contributed by atoms with van der Waals surface area (Å²) < 4.78 is 0. The van der Waals surface area contributed by atoms with E-state index in [9.17, 15) is 4.79 Å². The Balaban J connectivity index is 2.08. The lowest BCUT2D eigenvalue weighted by molar-refractivity contribution is -0.129. The number of hydrogen-bond acceptors (Lipinski definition) is 3. The fourth-order valence-electron chi connectivity index (χ4n) is 1.17. The summed E-state index contributed by atoms with van der Waals surface area (Å²) in [6.07, 6.45) is 2.61. The molecule has 0 aliphatic heterocycles. The van der Waals surface area contributed by atoms with Crippen molar-refractivity contribution in [2.24, 2.45) is 11.7 Å². The molecule has 1 amide bonds. The van der Waals surface area contributed by atoms with Crippen molar-refractivity contribution in [3.05, 3.63) is 0 Å². The third kappa shape index (κ3) is 2.46. The Bertz CT molecular complexity index is 157. The van der Waals surface area contributed by atoms with Crippen LogP contribution in [0.25, 0.3) is 0 Å². The van der Waals surface area contributed by atoms with Gasteiger partial charge in [-0.05, 0) is 18.8 Å². The molecule has 4 nitrogen and oxygen atoms in total. The number of nitrogens with one attached hydrogen (secondary N) is 1. The van der Waals surface area contributed by atoms with Gasteiger partial charge in [-0.3, -0.25) is 4.79 Å². The number of aliphatic hydroxyl groups is 1. The third-order valence-electron chi connectivity index (χ3n) is 2.32. The normalized spacial score (nSPS) is 19.8. The average Bonchev–Trinajstić information content (AvgIpc) is 2.00. The first-order valence-electron chi connectivity index (χ1n) is 4.40. The Hall–Kier alpha value is -0.610. The molecule has 1 atom stereocenters. The van der Waals surface area contributed by atoms with Crippen molar-refractivity contribution >= 4 is 5.91 Å². The molecule has 0 spiro atoms. The van der Waals surface area contributed by atoms with E-state index in [1.807, 2.05) is 0 Å². The maximum absolute atomic E-state index is 11.0. The first-order valence-corrected chi connectivity index (χ1v) is 4.40. The number of amides is 1. The van der Waals surface area contributed by atoms with E-state index in [2.05, 4.69) is 5.32 Å². The molecule has 1 aliphatic rings. The highest BCUT2D eigenvalue weighted by atomic mass is 16.3. The van der Waals surface area contributed by atoms with Crippen LogP contribution in [-0.4, -0.2) is 30.2 Å². The van der Waals surface area contributed by atoms with Gasteiger partial charge < -0.3 is 16.2 Å². The van der Waals surface area contributed by atoms with Crippen LogP contribution in [0.5, 0.6) is 0 Å². The van der Waals surface area contributed by atoms with Crippen LogP contribution in [0, 0.1) is 5.92 Å². The van der Waals surface area contributed by atoms with Crippen LogP contribution < -0.4 is 11.1 Å². The molecule has 1 saturated carbocycles. The van der Waals surface area contributed by atoms with Crippen LogP contribution in [0.2, 0.25) is 0 Å². The van der Waals surface area contributed by atoms with E-state index < -0.39 is 6.10 Å². The van der Waals surface area contributed by atoms with Gasteiger partial charge in [0.05, 0.1) is 0 Å². The van der Waals surface area contributed by atoms with Crippen molar-refractivity contribution in [2.45, 2.75) is 25.4 Å². The summed E-state index contributed by atoms with van der Waals surface area (Å²) in [6, 6.07) is 0. The molecular formula is C8H16N2O2. The number of carbonyl (C=O) groups excluding carboxylic acids is 1. The molecule has 1 rings (SSSR count). The van der Waals surface area contributed by atoms with Crippen molar-refractivity contribution in [3.8, 4) is 0 Å². The zero-order valence-electron chi connectivity index (χ0n) is 7.12. The van der Waals surface area contributed by atoms with E-state index in [0.717, 1.165) is 0 Å². The van der Waals surface area contributed by atoms with Crippen LogP contribution >= 0.6 is 0 Å². The Morgan fingerprint density at radius 3 is 2.75 bits per heavy atom. The van der Waals surface area contributed by atoms with Gasteiger partial charge in [-0.25, -0.2) is 0 Å². The molecule has 0 aromatic carbocycles. The predicted molar refractivity (Wildman–Crippen MR) is 45.4 cm³/mol. The zero-order valence-corrected chi connectivity index (χ0v) is 7.12. The smallest absolute Gasteiger partial charge is 0.250 e. The van der Waals surface area contributed by atoms with Gasteiger partial charge in [0.15, 0.2) is 0 Å². The molecule has 4 N–H and O–H groups in total. The summed E-state index contributed by atoms with van der Waals surface area (Å²) in [5.41, 5.74) is 5.11. The van der Waals surface area contributed by atoms with Gasteiger partial charge in [-0.2, -0.15) is 0 Å². The zero-order chi connectivity index (χ0) is 8.97. The molecule has 70 valence electrons. The number of rotatable bonds is 4. The number of nitrogens with two attached hydrogens (primary N) is 1. The predicted octanol–water partition coefficient (Wildman–Crippen LogP) is -0.778. The molecule has 0 heterocycles. The summed E-state index contributed by atoms with van der Waals surface area (Å²) in [5.74, 6) is 0.281. The largest absolute Gasteiger partial charge is 0.382 e. The van der Waals surface area contributed by atoms with Crippen molar-refractivity contribution in [1.29, 1.82) is 0 Å². The van der Waals surface area contributed by atoms with Gasteiger partial charge in [0.25, 0.3) is 0 Å². The molecule has 1 unspecified atom stereocenters. The number of carbonyl (C=O) groups is 1. The number of aliphatic hydroxyl groups excluding tert-OH is 1. The number of hydrogen-bond donors (Lipinski definition) is 3. The van der Waals surface area contributed by atoms with E-state index in [1.54, 1.807) is 0 Å². The SMILES string of the molecule is NCC(O)C(=O)NCC1CCC1. The lowest BCUT2D eigenvalue weighted by Crippen LogP contribution is -2.42. The summed E-state index contributed by atoms with van der Waals surface area (Å²) >= 11 is 0. The van der Waals surface area contributed by atoms with Crippen molar-refractivity contribution < 1.29 is 9.90 Å². The van der Waals surface area contributed by atoms with E-state index in [-0.39, 0.29) is 12.5 Å². The van der Waals surface area contributed by atoms with E-state index in [1.165, 1.54) is 19.3 Å². The van der Waals surface area contributed by atoms with Crippen molar-refractivity contribution in [3.63, 3.8) is 0 Å². The monoisotopic (exact) mass is 172 g/mol. The van der Waals surface area contributed by atoms with Gasteiger partial charge >= 0.3 is 0 Å². The van der Waals surface area contributed by atoms with E-state index >= 15 is 0 Å². The quantitative estimate of drug-likeness (QED) is 0.521. The van der Waals surface area contributed by atoms with Crippen LogP contribution in [0.15, 0.2) is 0 Å². The summed E-state index contributed by atoms with van der Waals surface area (Å²) in [5, 5.41) is 11.7. The minimum Gasteiger partial charge on any atom is -0.382 e. The fourth-order valence-corrected chi connectivity index (χ4v) is 1.17. The Morgan fingerprint density at radius 1 is 1.67 bits per heavy atom. The summed E-state index contributed by atoms with van der Waals surface area (Å²) in [4.78, 5) is 11.0. The van der Waals surface area contributed by atoms with Crippen LogP contribution in [-0.2, 0) is 4.79 Å². The molecule has 0 saturated heterocycles. The first kappa shape index (κ1) is 9.48. The van der Waals surface area contributed by atoms with Crippen LogP contribution in [0.1, 0.15) is 19.3 Å². The Kier molecular flexibility index (Phi) is 3.49. The second-order valence-electron chi connectivity index (χ2n) is 3.29. The van der Waals surface area contributed by atoms with E-state index in [0.29, 0.717) is 12.5 Å². The van der Waals surface area contributed by atoms with Gasteiger partial charge in [0, 0.05) is 13.1 Å². The molecule has 4 heteroatoms. The molecule has 1 fully saturated rings. The highest BCUT2D eigenvalue weighted by Crippen LogP contribution is 2.24. The summed E-state index contributed by atoms with van der Waals surface area (Å²) in [6.45, 7) is 0.687. The van der Waals surface area contributed by atoms with Gasteiger partial charge in [0.1, 0.15) is 6.10 Å². The third-order valence-corrected chi connectivity index (χ3v) is 2.32. The minimum absolute atomic E-state index is 0.00347. The second kappa shape index (κ2) is 4.42. The molecule has 0 bridgehead atoms. The average molecular weight is 172 g/mol. The second-order valence-corrected chi connectivity index (χ2v) is 3.29. The molecule has 1 aliphatic carbocycles. The first-order chi connectivity index (χ1) is 5.74. The van der Waals surface area contributed by atoms with Crippen LogP contribution in [0.4, 0.5) is 0 Å². The Labute approximate surface area is 72.1 Å². The maximum Gasteiger partial charge on any atom is 0.250 e. The van der Waals surface area contributed by atoms with Crippen LogP contribution in [0.3, 0.4) is 0 Å². The molecule has 0 aromatic heterocycles. The lowest BCUT2D eigenvalue weighted by atomic mass is 9.85. The Morgan fingerprint density at radius 2 is 2.33 bits per heavy atom. The summed E-state index contributed by atoms with van der Waals surface area (Å²) in [7, 11) is 0. The molecule has 12 heavy (non-hydrogen) atoms. The highest BCUT2D eigenvalue weighted by molar-refractivity contribution is 5.80. The van der Waals surface area contributed by atoms with Crippen molar-refractivity contribution in [2.75, 3.05) is 13.1 Å². The standard InChI is InChI=1S/C8H16N2O2/c9-4-7(11)8(12)10-5-6-2-1-3-6/h6-7,11H,1-5,9H2,(H,10,12). The van der Waals surface area contributed by atoms with Crippen molar-refractivity contribution in [1.82, 2.24) is 5.32 Å². The highest BCUT2D eigenvalue weighted by Gasteiger charge is 2.19. The minimum atomic E-state index is -1.04. The molecule has 0 radical (unpaired) electrons. The van der Waals surface area contributed by atoms with Gasteiger partial charge in [-0.1, -0.05) is 6.42 Å². The topological polar surface area (TPSA) is 75.3 Å².